The van der Waals surface area contributed by atoms with Gasteiger partial charge in [0, 0.05) is 5.56 Å². The van der Waals surface area contributed by atoms with Crippen LogP contribution < -0.4 is 5.73 Å². The van der Waals surface area contributed by atoms with Crippen LogP contribution in [0.15, 0.2) is 45.7 Å². The molecule has 1 aromatic carbocycles. The van der Waals surface area contributed by atoms with E-state index >= 15 is 0 Å². The zero-order valence-corrected chi connectivity index (χ0v) is 10.7. The summed E-state index contributed by atoms with van der Waals surface area (Å²) in [5, 5.41) is 0. The van der Waals surface area contributed by atoms with Gasteiger partial charge in [-0.05, 0) is 39.5 Å². The van der Waals surface area contributed by atoms with Crippen molar-refractivity contribution >= 4 is 15.9 Å². The summed E-state index contributed by atoms with van der Waals surface area (Å²) < 4.78 is 5.90. The Morgan fingerprint density at radius 2 is 1.94 bits per heavy atom. The summed E-state index contributed by atoms with van der Waals surface area (Å²) in [5.74, 6) is 0. The molecular formula is C13H14BrNO. The van der Waals surface area contributed by atoms with Crippen molar-refractivity contribution in [1.29, 1.82) is 0 Å². The highest BCUT2D eigenvalue weighted by atomic mass is 79.9. The summed E-state index contributed by atoms with van der Waals surface area (Å²) in [6.45, 7) is 2.14. The highest BCUT2D eigenvalue weighted by Gasteiger charge is 2.13. The molecule has 0 aliphatic heterocycles. The second-order valence-corrected chi connectivity index (χ2v) is 4.44. The average Bonchev–Trinajstić information content (AvgIpc) is 2.75. The minimum atomic E-state index is -0.140. The molecule has 2 aromatic rings. The van der Waals surface area contributed by atoms with Crippen molar-refractivity contribution in [3.63, 3.8) is 0 Å². The van der Waals surface area contributed by atoms with Gasteiger partial charge < -0.3 is 10.2 Å². The van der Waals surface area contributed by atoms with E-state index < -0.39 is 0 Å². The van der Waals surface area contributed by atoms with Crippen molar-refractivity contribution in [1.82, 2.24) is 0 Å². The van der Waals surface area contributed by atoms with Gasteiger partial charge in [0.15, 0.2) is 4.67 Å². The monoisotopic (exact) mass is 279 g/mol. The summed E-state index contributed by atoms with van der Waals surface area (Å²) >= 11 is 3.35. The summed E-state index contributed by atoms with van der Waals surface area (Å²) in [4.78, 5) is 0. The zero-order valence-electron chi connectivity index (χ0n) is 9.11. The molecule has 0 amide bonds. The number of benzene rings is 1. The maximum Gasteiger partial charge on any atom is 0.174 e. The molecule has 1 atom stereocenters. The van der Waals surface area contributed by atoms with Crippen LogP contribution in [-0.2, 0) is 6.42 Å². The van der Waals surface area contributed by atoms with Gasteiger partial charge in [0.2, 0.25) is 0 Å². The summed E-state index contributed by atoms with van der Waals surface area (Å²) in [7, 11) is 0. The normalized spacial score (nSPS) is 12.7. The van der Waals surface area contributed by atoms with Gasteiger partial charge in [-0.3, -0.25) is 0 Å². The van der Waals surface area contributed by atoms with E-state index in [0.717, 1.165) is 17.5 Å². The number of nitrogens with two attached hydrogens (primary N) is 1. The van der Waals surface area contributed by atoms with E-state index in [4.69, 9.17) is 10.2 Å². The van der Waals surface area contributed by atoms with Crippen LogP contribution >= 0.6 is 15.9 Å². The number of aryl methyl sites for hydroxylation is 1. The summed E-state index contributed by atoms with van der Waals surface area (Å²) in [6, 6.07) is 10.1. The van der Waals surface area contributed by atoms with E-state index in [9.17, 15) is 0 Å². The topological polar surface area (TPSA) is 39.2 Å². The van der Waals surface area contributed by atoms with E-state index in [1.807, 2.05) is 6.07 Å². The lowest BCUT2D eigenvalue weighted by atomic mass is 10.0. The van der Waals surface area contributed by atoms with E-state index in [-0.39, 0.29) is 6.04 Å². The Morgan fingerprint density at radius 1 is 1.25 bits per heavy atom. The lowest BCUT2D eigenvalue weighted by molar-refractivity contribution is 0.534. The molecule has 1 aromatic heterocycles. The van der Waals surface area contributed by atoms with E-state index in [1.54, 1.807) is 6.26 Å². The minimum absolute atomic E-state index is 0.140. The molecule has 0 aliphatic rings. The second kappa shape index (κ2) is 4.85. The van der Waals surface area contributed by atoms with Gasteiger partial charge in [-0.15, -0.1) is 0 Å². The van der Waals surface area contributed by atoms with Gasteiger partial charge >= 0.3 is 0 Å². The molecule has 0 bridgehead atoms. The predicted molar refractivity (Wildman–Crippen MR) is 68.3 cm³/mol. The van der Waals surface area contributed by atoms with Crippen molar-refractivity contribution in [2.24, 2.45) is 5.73 Å². The van der Waals surface area contributed by atoms with Gasteiger partial charge in [0.05, 0.1) is 12.3 Å². The van der Waals surface area contributed by atoms with Crippen LogP contribution in [0.25, 0.3) is 0 Å². The molecular weight excluding hydrogens is 266 g/mol. The Kier molecular flexibility index (Phi) is 3.46. The van der Waals surface area contributed by atoms with Crippen LogP contribution in [0.5, 0.6) is 0 Å². The fourth-order valence-electron chi connectivity index (χ4n) is 1.67. The number of hydrogen-bond acceptors (Lipinski definition) is 2. The number of furan rings is 1. The Balaban J connectivity index is 2.27. The molecule has 84 valence electrons. The van der Waals surface area contributed by atoms with Crippen LogP contribution in [0.2, 0.25) is 0 Å². The van der Waals surface area contributed by atoms with Gasteiger partial charge in [-0.25, -0.2) is 0 Å². The predicted octanol–water partition coefficient (Wildman–Crippen LogP) is 3.65. The Labute approximate surface area is 104 Å². The molecule has 0 aliphatic carbocycles. The fraction of sp³-hybridized carbons (Fsp3) is 0.231. The SMILES string of the molecule is CCc1ccc(C(N)c2ccoc2Br)cc1. The molecule has 0 fully saturated rings. The van der Waals surface area contributed by atoms with Crippen LogP contribution in [0.4, 0.5) is 0 Å². The second-order valence-electron chi connectivity index (χ2n) is 3.72. The van der Waals surface area contributed by atoms with Gasteiger partial charge in [-0.2, -0.15) is 0 Å². The molecule has 2 rings (SSSR count). The molecule has 2 nitrogen and oxygen atoms in total. The Morgan fingerprint density at radius 3 is 2.44 bits per heavy atom. The molecule has 0 radical (unpaired) electrons. The first-order chi connectivity index (χ1) is 7.72. The van der Waals surface area contributed by atoms with Crippen molar-refractivity contribution in [2.45, 2.75) is 19.4 Å². The number of hydrogen-bond donors (Lipinski definition) is 1. The highest BCUT2D eigenvalue weighted by molar-refractivity contribution is 9.10. The standard InChI is InChI=1S/C13H14BrNO/c1-2-9-3-5-10(6-4-9)12(15)11-7-8-16-13(11)14/h3-8,12H,2,15H2,1H3. The third-order valence-electron chi connectivity index (χ3n) is 2.73. The quantitative estimate of drug-likeness (QED) is 0.932. The van der Waals surface area contributed by atoms with Gasteiger partial charge in [0.25, 0.3) is 0 Å². The van der Waals surface area contributed by atoms with Crippen LogP contribution in [0, 0.1) is 0 Å². The molecule has 3 heteroatoms. The van der Waals surface area contributed by atoms with E-state index in [1.165, 1.54) is 5.56 Å². The average molecular weight is 280 g/mol. The molecule has 0 saturated heterocycles. The molecule has 2 N–H and O–H groups in total. The first-order valence-corrected chi connectivity index (χ1v) is 6.09. The zero-order chi connectivity index (χ0) is 11.5. The minimum Gasteiger partial charge on any atom is -0.457 e. The van der Waals surface area contributed by atoms with Gasteiger partial charge in [-0.1, -0.05) is 31.2 Å². The molecule has 0 saturated carbocycles. The maximum absolute atomic E-state index is 6.16. The highest BCUT2D eigenvalue weighted by Crippen LogP contribution is 2.27. The van der Waals surface area contributed by atoms with Crippen LogP contribution in [0.1, 0.15) is 29.7 Å². The van der Waals surface area contributed by atoms with E-state index in [0.29, 0.717) is 4.67 Å². The van der Waals surface area contributed by atoms with Crippen molar-refractivity contribution in [2.75, 3.05) is 0 Å². The lowest BCUT2D eigenvalue weighted by Gasteiger charge is -2.11. The molecule has 16 heavy (non-hydrogen) atoms. The van der Waals surface area contributed by atoms with Crippen LogP contribution in [-0.4, -0.2) is 0 Å². The number of halogens is 1. The third-order valence-corrected chi connectivity index (χ3v) is 3.37. The first kappa shape index (κ1) is 11.4. The van der Waals surface area contributed by atoms with E-state index in [2.05, 4.69) is 47.1 Å². The maximum atomic E-state index is 6.16. The van der Waals surface area contributed by atoms with Crippen molar-refractivity contribution in [3.8, 4) is 0 Å². The van der Waals surface area contributed by atoms with Gasteiger partial charge in [0.1, 0.15) is 0 Å². The summed E-state index contributed by atoms with van der Waals surface area (Å²) in [6.07, 6.45) is 2.69. The van der Waals surface area contributed by atoms with Crippen molar-refractivity contribution < 1.29 is 4.42 Å². The smallest absolute Gasteiger partial charge is 0.174 e. The molecule has 1 heterocycles. The largest absolute Gasteiger partial charge is 0.457 e. The Bertz CT molecular complexity index is 461. The molecule has 0 spiro atoms. The summed E-state index contributed by atoms with van der Waals surface area (Å²) in [5.41, 5.74) is 9.56. The van der Waals surface area contributed by atoms with Crippen LogP contribution in [0.3, 0.4) is 0 Å². The Hall–Kier alpha value is -1.06. The first-order valence-electron chi connectivity index (χ1n) is 5.29. The van der Waals surface area contributed by atoms with Crippen molar-refractivity contribution in [3.05, 3.63) is 58.0 Å². The molecule has 1 unspecified atom stereocenters. The lowest BCUT2D eigenvalue weighted by Crippen LogP contribution is -2.11. The fourth-order valence-corrected chi connectivity index (χ4v) is 2.15. The number of rotatable bonds is 3. The third kappa shape index (κ3) is 2.20.